The van der Waals surface area contributed by atoms with Gasteiger partial charge in [-0.3, -0.25) is 0 Å². The first-order valence-corrected chi connectivity index (χ1v) is 6.26. The van der Waals surface area contributed by atoms with Crippen LogP contribution in [0.1, 0.15) is 18.1 Å². The van der Waals surface area contributed by atoms with Crippen molar-refractivity contribution < 1.29 is 9.50 Å². The van der Waals surface area contributed by atoms with Crippen LogP contribution < -0.4 is 4.43 Å². The van der Waals surface area contributed by atoms with Gasteiger partial charge < -0.3 is 4.74 Å². The highest BCUT2D eigenvalue weighted by molar-refractivity contribution is 6.32. The Bertz CT molecular complexity index is 363. The topological polar surface area (TPSA) is 29.3 Å². The fourth-order valence-electron chi connectivity index (χ4n) is 2.03. The molecule has 1 aliphatic rings. The summed E-state index contributed by atoms with van der Waals surface area (Å²) in [6, 6.07) is 8.37. The van der Waals surface area contributed by atoms with E-state index in [-0.39, 0.29) is 12.1 Å². The largest absolute Gasteiger partial charge is 0.366 e. The maximum absolute atomic E-state index is 11.3. The van der Waals surface area contributed by atoms with E-state index in [2.05, 4.69) is 24.3 Å². The van der Waals surface area contributed by atoms with E-state index >= 15 is 0 Å². The normalized spacial score (nSPS) is 25.4. The van der Waals surface area contributed by atoms with Gasteiger partial charge in [-0.15, -0.1) is 4.43 Å². The van der Waals surface area contributed by atoms with Crippen molar-refractivity contribution in [3.8, 4) is 0 Å². The summed E-state index contributed by atoms with van der Waals surface area (Å²) < 4.78 is 8.01. The molecule has 0 aliphatic carbocycles. The first kappa shape index (κ1) is 10.8. The third kappa shape index (κ3) is 2.28. The Hall–Kier alpha value is -0.688. The summed E-state index contributed by atoms with van der Waals surface area (Å²) in [4.78, 5) is 11.3. The molecule has 0 spiro atoms. The molecule has 1 saturated heterocycles. The van der Waals surface area contributed by atoms with Gasteiger partial charge in [-0.1, -0.05) is 24.3 Å². The van der Waals surface area contributed by atoms with Crippen LogP contribution in [0.15, 0.2) is 24.3 Å². The average molecular weight is 220 g/mol. The molecule has 1 fully saturated rings. The van der Waals surface area contributed by atoms with E-state index in [0.29, 0.717) is 6.61 Å². The van der Waals surface area contributed by atoms with Gasteiger partial charge in [0, 0.05) is 16.1 Å². The number of rotatable bonds is 2. The molecular weight excluding hydrogens is 205 g/mol. The molecule has 1 aromatic rings. The predicted octanol–water partition coefficient (Wildman–Crippen LogP) is 0.184. The van der Waals surface area contributed by atoms with Crippen LogP contribution in [0.25, 0.3) is 0 Å². The van der Waals surface area contributed by atoms with Crippen molar-refractivity contribution in [2.45, 2.75) is 18.6 Å². The molecule has 15 heavy (non-hydrogen) atoms. The van der Waals surface area contributed by atoms with E-state index in [1.54, 1.807) is 7.05 Å². The molecule has 1 aromatic carbocycles. The smallest absolute Gasteiger partial charge is 0.258 e. The molecule has 0 N–H and O–H groups in total. The quantitative estimate of drug-likeness (QED) is 0.525. The van der Waals surface area contributed by atoms with Gasteiger partial charge in [0.1, 0.15) is 6.10 Å². The molecule has 0 bridgehead atoms. The zero-order chi connectivity index (χ0) is 10.8. The summed E-state index contributed by atoms with van der Waals surface area (Å²) in [6.07, 6.45) is 0.780. The van der Waals surface area contributed by atoms with Crippen LogP contribution in [0.4, 0.5) is 0 Å². The van der Waals surface area contributed by atoms with Crippen LogP contribution in [-0.2, 0) is 4.74 Å². The number of hydrogen-bond acceptors (Lipinski definition) is 2. The Morgan fingerprint density at radius 1 is 1.40 bits per heavy atom. The van der Waals surface area contributed by atoms with Gasteiger partial charge in [0.05, 0.1) is 6.61 Å². The number of hydrogen-bond donors (Lipinski definition) is 0. The number of nitrogens with zero attached hydrogens (tertiary/aromatic N) is 1. The van der Waals surface area contributed by atoms with Gasteiger partial charge in [-0.2, -0.15) is 0 Å². The summed E-state index contributed by atoms with van der Waals surface area (Å²) in [5.41, 5.74) is 1.12. The molecule has 2 rings (SSSR count). The molecule has 0 aromatic heterocycles. The lowest BCUT2D eigenvalue weighted by atomic mass is 10.0. The van der Waals surface area contributed by atoms with E-state index in [1.165, 1.54) is 4.43 Å². The van der Waals surface area contributed by atoms with Crippen molar-refractivity contribution in [2.24, 2.45) is 0 Å². The lowest BCUT2D eigenvalue weighted by Crippen LogP contribution is -2.24. The van der Waals surface area contributed by atoms with Crippen molar-refractivity contribution in [1.29, 1.82) is 0 Å². The molecule has 2 atom stereocenters. The zero-order valence-electron chi connectivity index (χ0n) is 9.14. The highest BCUT2D eigenvalue weighted by Gasteiger charge is 2.38. The molecule has 1 aliphatic heterocycles. The Morgan fingerprint density at radius 3 is 2.67 bits per heavy atom. The minimum Gasteiger partial charge on any atom is -0.366 e. The minimum atomic E-state index is -0.0465. The lowest BCUT2D eigenvalue weighted by Gasteiger charge is -2.12. The van der Waals surface area contributed by atoms with Crippen molar-refractivity contribution in [1.82, 2.24) is 0 Å². The third-order valence-electron chi connectivity index (χ3n) is 2.93. The van der Waals surface area contributed by atoms with Crippen LogP contribution in [-0.4, -0.2) is 40.7 Å². The average Bonchev–Trinajstić information content (AvgIpc) is 2.67. The van der Waals surface area contributed by atoms with E-state index in [0.717, 1.165) is 33.0 Å². The molecule has 2 unspecified atom stereocenters. The van der Waals surface area contributed by atoms with Crippen LogP contribution in [0.3, 0.4) is 0 Å². The summed E-state index contributed by atoms with van der Waals surface area (Å²) in [5.74, 6) is 0. The SMILES string of the molecule is C[N+](=O)C1CCOC1c1cc[c]([AlH2])cc1. The van der Waals surface area contributed by atoms with Crippen LogP contribution in [0.2, 0.25) is 0 Å². The van der Waals surface area contributed by atoms with E-state index in [4.69, 9.17) is 4.74 Å². The van der Waals surface area contributed by atoms with Gasteiger partial charge in [-0.05, 0) is 5.56 Å². The maximum Gasteiger partial charge on any atom is 0.258 e. The Kier molecular flexibility index (Phi) is 3.20. The molecule has 3 nitrogen and oxygen atoms in total. The van der Waals surface area contributed by atoms with Crippen molar-refractivity contribution in [2.75, 3.05) is 13.7 Å². The van der Waals surface area contributed by atoms with Gasteiger partial charge in [0.15, 0.2) is 7.05 Å². The van der Waals surface area contributed by atoms with Crippen LogP contribution in [0.5, 0.6) is 0 Å². The third-order valence-corrected chi connectivity index (χ3v) is 3.60. The van der Waals surface area contributed by atoms with Crippen molar-refractivity contribution >= 4 is 20.7 Å². The fraction of sp³-hybridized carbons (Fsp3) is 0.455. The summed E-state index contributed by atoms with van der Waals surface area (Å²) in [7, 11) is 1.58. The minimum absolute atomic E-state index is 0.0232. The monoisotopic (exact) mass is 220 g/mol. The Balaban J connectivity index is 2.22. The van der Waals surface area contributed by atoms with E-state index in [9.17, 15) is 4.91 Å². The molecular formula is C11H15AlNO2+. The highest BCUT2D eigenvalue weighted by atomic mass is 27.0. The van der Waals surface area contributed by atoms with Crippen LogP contribution in [0, 0.1) is 4.91 Å². The summed E-state index contributed by atoms with van der Waals surface area (Å²) in [6.45, 7) is 0.685. The first-order valence-electron chi connectivity index (χ1n) is 5.26. The first-order chi connectivity index (χ1) is 7.18. The molecule has 0 amide bonds. The number of likely N-dealkylation sites (N-methyl/N-ethyl adjacent to an activating group) is 1. The highest BCUT2D eigenvalue weighted by Crippen LogP contribution is 2.30. The predicted molar refractivity (Wildman–Crippen MR) is 61.3 cm³/mol. The molecule has 0 saturated carbocycles. The number of nitroso groups, excluding NO2 is 1. The zero-order valence-corrected chi connectivity index (χ0v) is 11.1. The van der Waals surface area contributed by atoms with Crippen molar-refractivity contribution in [3.05, 3.63) is 34.7 Å². The second-order valence-electron chi connectivity index (χ2n) is 4.10. The van der Waals surface area contributed by atoms with Gasteiger partial charge in [0.25, 0.3) is 16.3 Å². The number of benzene rings is 1. The Morgan fingerprint density at radius 2 is 2.07 bits per heavy atom. The summed E-state index contributed by atoms with van der Waals surface area (Å²) in [5, 5.41) is 0. The second kappa shape index (κ2) is 4.44. The number of ether oxygens (including phenoxy) is 1. The van der Waals surface area contributed by atoms with E-state index < -0.39 is 0 Å². The Labute approximate surface area is 97.4 Å². The standard InChI is InChI=1S/C11H13NO2.Al.2H/c1-12(13)10-7-8-14-11(10)9-5-3-2-4-6-9;;;/h3-6,10-11H,7-8H2,1H3;;;/q+1;;;. The maximum atomic E-state index is 11.3. The molecule has 4 heteroatoms. The van der Waals surface area contributed by atoms with Crippen LogP contribution >= 0.6 is 0 Å². The molecule has 0 radical (unpaired) electrons. The molecule has 1 heterocycles. The van der Waals surface area contributed by atoms with Crippen molar-refractivity contribution in [3.63, 3.8) is 0 Å². The second-order valence-corrected chi connectivity index (χ2v) is 5.26. The lowest BCUT2D eigenvalue weighted by molar-refractivity contribution is -0.563. The van der Waals surface area contributed by atoms with Gasteiger partial charge >= 0.3 is 0 Å². The van der Waals surface area contributed by atoms with E-state index in [1.807, 2.05) is 0 Å². The fourth-order valence-corrected chi connectivity index (χ4v) is 2.36. The van der Waals surface area contributed by atoms with Gasteiger partial charge in [0.2, 0.25) is 6.04 Å². The molecule has 78 valence electrons. The van der Waals surface area contributed by atoms with Gasteiger partial charge in [-0.25, -0.2) is 0 Å². The summed E-state index contributed by atoms with van der Waals surface area (Å²) >= 11 is 1.06.